The normalized spacial score (nSPS) is 25.4. The monoisotopic (exact) mass is 308 g/mol. The van der Waals surface area contributed by atoms with Crippen LogP contribution in [0.2, 0.25) is 0 Å². The van der Waals surface area contributed by atoms with E-state index in [1.807, 2.05) is 0 Å². The Labute approximate surface area is 140 Å². The fraction of sp³-hybridized carbons (Fsp3) is 0.429. The van der Waals surface area contributed by atoms with E-state index in [1.54, 1.807) is 0 Å². The Morgan fingerprint density at radius 1 is 1.04 bits per heavy atom. The van der Waals surface area contributed by atoms with Gasteiger partial charge in [0, 0.05) is 25.7 Å². The minimum absolute atomic E-state index is 0.0281. The predicted octanol–water partition coefficient (Wildman–Crippen LogP) is 4.18. The van der Waals surface area contributed by atoms with Gasteiger partial charge in [0.05, 0.1) is 5.54 Å². The molecule has 1 saturated heterocycles. The molecule has 2 nitrogen and oxygen atoms in total. The van der Waals surface area contributed by atoms with E-state index in [1.165, 1.54) is 24.0 Å². The van der Waals surface area contributed by atoms with Gasteiger partial charge in [-0.1, -0.05) is 74.0 Å². The molecule has 23 heavy (non-hydrogen) atoms. The van der Waals surface area contributed by atoms with E-state index in [2.05, 4.69) is 84.7 Å². The molecular weight excluding hydrogens is 280 g/mol. The van der Waals surface area contributed by atoms with Crippen LogP contribution >= 0.6 is 0 Å². The molecule has 1 aliphatic heterocycles. The van der Waals surface area contributed by atoms with E-state index in [0.29, 0.717) is 6.04 Å². The summed E-state index contributed by atoms with van der Waals surface area (Å²) < 4.78 is 0. The van der Waals surface area contributed by atoms with Gasteiger partial charge in [-0.15, -0.1) is 0 Å². The van der Waals surface area contributed by atoms with Crippen molar-refractivity contribution in [1.82, 2.24) is 10.2 Å². The molecule has 0 aliphatic carbocycles. The molecule has 1 aliphatic rings. The van der Waals surface area contributed by atoms with E-state index in [-0.39, 0.29) is 5.54 Å². The molecule has 0 saturated carbocycles. The van der Waals surface area contributed by atoms with Crippen LogP contribution in [0.5, 0.6) is 0 Å². The van der Waals surface area contributed by atoms with Crippen molar-refractivity contribution >= 4 is 0 Å². The molecule has 2 atom stereocenters. The summed E-state index contributed by atoms with van der Waals surface area (Å²) in [5, 5.41) is 3.82. The van der Waals surface area contributed by atoms with E-state index in [4.69, 9.17) is 0 Å². The van der Waals surface area contributed by atoms with Gasteiger partial charge in [0.15, 0.2) is 0 Å². The van der Waals surface area contributed by atoms with E-state index in [9.17, 15) is 0 Å². The minimum atomic E-state index is 0.0281. The molecule has 0 aromatic heterocycles. The maximum atomic E-state index is 3.82. The molecule has 2 aromatic rings. The van der Waals surface area contributed by atoms with Crippen LogP contribution in [-0.2, 0) is 12.1 Å². The number of piperazine rings is 1. The summed E-state index contributed by atoms with van der Waals surface area (Å²) in [6, 6.07) is 22.3. The van der Waals surface area contributed by atoms with Gasteiger partial charge in [-0.3, -0.25) is 4.90 Å². The number of nitrogens with zero attached hydrogens (tertiary/aromatic N) is 1. The SMILES string of the molecule is CCCC1CNC(C)(c2ccccc2)CN1Cc1ccccc1. The summed E-state index contributed by atoms with van der Waals surface area (Å²) in [6.07, 6.45) is 2.49. The second kappa shape index (κ2) is 7.29. The zero-order chi connectivity index (χ0) is 16.1. The highest BCUT2D eigenvalue weighted by atomic mass is 15.2. The highest BCUT2D eigenvalue weighted by molar-refractivity contribution is 5.25. The zero-order valence-corrected chi connectivity index (χ0v) is 14.3. The lowest BCUT2D eigenvalue weighted by atomic mass is 9.87. The molecule has 1 fully saturated rings. The van der Waals surface area contributed by atoms with E-state index >= 15 is 0 Å². The molecule has 0 spiro atoms. The van der Waals surface area contributed by atoms with Gasteiger partial charge in [0.1, 0.15) is 0 Å². The minimum Gasteiger partial charge on any atom is -0.305 e. The standard InChI is InChI=1S/C21H28N2/c1-3-10-20-15-22-21(2,19-13-8-5-9-14-19)17-23(20)16-18-11-6-4-7-12-18/h4-9,11-14,20,22H,3,10,15-17H2,1-2H3. The summed E-state index contributed by atoms with van der Waals surface area (Å²) in [5.41, 5.74) is 2.82. The van der Waals surface area contributed by atoms with Gasteiger partial charge in [-0.25, -0.2) is 0 Å². The first-order valence-electron chi connectivity index (χ1n) is 8.80. The Bertz CT molecular complexity index is 596. The Morgan fingerprint density at radius 2 is 1.70 bits per heavy atom. The first-order chi connectivity index (χ1) is 11.2. The molecule has 122 valence electrons. The molecule has 0 amide bonds. The highest BCUT2D eigenvalue weighted by Crippen LogP contribution is 2.28. The summed E-state index contributed by atoms with van der Waals surface area (Å²) in [6.45, 7) is 7.77. The molecule has 2 unspecified atom stereocenters. The summed E-state index contributed by atoms with van der Waals surface area (Å²) in [7, 11) is 0. The van der Waals surface area contributed by atoms with Crippen LogP contribution in [0.3, 0.4) is 0 Å². The predicted molar refractivity (Wildman–Crippen MR) is 97.3 cm³/mol. The fourth-order valence-corrected chi connectivity index (χ4v) is 3.68. The van der Waals surface area contributed by atoms with Crippen molar-refractivity contribution in [3.05, 3.63) is 71.8 Å². The molecule has 2 aromatic carbocycles. The lowest BCUT2D eigenvalue weighted by Gasteiger charge is -2.46. The van der Waals surface area contributed by atoms with Gasteiger partial charge in [-0.05, 0) is 24.5 Å². The van der Waals surface area contributed by atoms with Crippen LogP contribution in [0.15, 0.2) is 60.7 Å². The second-order valence-electron chi connectivity index (χ2n) is 6.91. The van der Waals surface area contributed by atoms with Crippen LogP contribution in [-0.4, -0.2) is 24.0 Å². The van der Waals surface area contributed by atoms with Crippen LogP contribution < -0.4 is 5.32 Å². The Morgan fingerprint density at radius 3 is 2.35 bits per heavy atom. The fourth-order valence-electron chi connectivity index (χ4n) is 3.68. The number of hydrogen-bond donors (Lipinski definition) is 1. The number of benzene rings is 2. The van der Waals surface area contributed by atoms with Gasteiger partial charge < -0.3 is 5.32 Å². The van der Waals surface area contributed by atoms with Crippen molar-refractivity contribution in [2.75, 3.05) is 13.1 Å². The first-order valence-corrected chi connectivity index (χ1v) is 8.80. The van der Waals surface area contributed by atoms with Crippen molar-refractivity contribution < 1.29 is 0 Å². The van der Waals surface area contributed by atoms with Gasteiger partial charge in [0.25, 0.3) is 0 Å². The average Bonchev–Trinajstić information content (AvgIpc) is 2.59. The molecule has 0 radical (unpaired) electrons. The average molecular weight is 308 g/mol. The van der Waals surface area contributed by atoms with Gasteiger partial charge in [-0.2, -0.15) is 0 Å². The second-order valence-corrected chi connectivity index (χ2v) is 6.91. The lowest BCUT2D eigenvalue weighted by Crippen LogP contribution is -2.60. The lowest BCUT2D eigenvalue weighted by molar-refractivity contribution is 0.0734. The third-order valence-corrected chi connectivity index (χ3v) is 5.02. The van der Waals surface area contributed by atoms with E-state index in [0.717, 1.165) is 19.6 Å². The Hall–Kier alpha value is -1.64. The summed E-state index contributed by atoms with van der Waals surface area (Å²) in [5.74, 6) is 0. The van der Waals surface area contributed by atoms with Crippen molar-refractivity contribution in [3.63, 3.8) is 0 Å². The van der Waals surface area contributed by atoms with Crippen LogP contribution in [0, 0.1) is 0 Å². The quantitative estimate of drug-likeness (QED) is 0.891. The first kappa shape index (κ1) is 16.2. The molecule has 0 bridgehead atoms. The number of hydrogen-bond acceptors (Lipinski definition) is 2. The number of rotatable bonds is 5. The highest BCUT2D eigenvalue weighted by Gasteiger charge is 2.36. The van der Waals surface area contributed by atoms with E-state index < -0.39 is 0 Å². The van der Waals surface area contributed by atoms with Gasteiger partial charge in [0.2, 0.25) is 0 Å². The molecule has 1 N–H and O–H groups in total. The Kier molecular flexibility index (Phi) is 5.14. The van der Waals surface area contributed by atoms with Crippen molar-refractivity contribution in [2.24, 2.45) is 0 Å². The third-order valence-electron chi connectivity index (χ3n) is 5.02. The van der Waals surface area contributed by atoms with Crippen LogP contribution in [0.4, 0.5) is 0 Å². The smallest absolute Gasteiger partial charge is 0.0535 e. The molecule has 1 heterocycles. The van der Waals surface area contributed by atoms with Crippen molar-refractivity contribution in [2.45, 2.75) is 44.8 Å². The van der Waals surface area contributed by atoms with Crippen molar-refractivity contribution in [3.8, 4) is 0 Å². The molecule has 3 rings (SSSR count). The topological polar surface area (TPSA) is 15.3 Å². The Balaban J connectivity index is 1.80. The van der Waals surface area contributed by atoms with Crippen LogP contribution in [0.1, 0.15) is 37.8 Å². The van der Waals surface area contributed by atoms with Gasteiger partial charge >= 0.3 is 0 Å². The van der Waals surface area contributed by atoms with Crippen LogP contribution in [0.25, 0.3) is 0 Å². The molecular formula is C21H28N2. The summed E-state index contributed by atoms with van der Waals surface area (Å²) in [4.78, 5) is 2.67. The molecule has 2 heteroatoms. The number of nitrogens with one attached hydrogen (secondary N) is 1. The van der Waals surface area contributed by atoms with Crippen molar-refractivity contribution in [1.29, 1.82) is 0 Å². The zero-order valence-electron chi connectivity index (χ0n) is 14.3. The largest absolute Gasteiger partial charge is 0.305 e. The third kappa shape index (κ3) is 3.82. The maximum absolute atomic E-state index is 3.82. The maximum Gasteiger partial charge on any atom is 0.0535 e. The summed E-state index contributed by atoms with van der Waals surface area (Å²) >= 11 is 0.